The maximum Gasteiger partial charge on any atom is 0.190 e. The molecule has 6 atom stereocenters. The van der Waals surface area contributed by atoms with E-state index >= 15 is 0 Å². The summed E-state index contributed by atoms with van der Waals surface area (Å²) >= 11 is 0. The van der Waals surface area contributed by atoms with Gasteiger partial charge in [0, 0.05) is 36.3 Å². The van der Waals surface area contributed by atoms with Crippen molar-refractivity contribution in [2.45, 2.75) is 44.2 Å². The molecule has 4 bridgehead atoms. The van der Waals surface area contributed by atoms with Crippen molar-refractivity contribution in [3.05, 3.63) is 23.8 Å². The number of fused-ring (bicyclic) bond motifs is 2. The van der Waals surface area contributed by atoms with Gasteiger partial charge in [-0.25, -0.2) is 0 Å². The van der Waals surface area contributed by atoms with E-state index in [2.05, 4.69) is 17.1 Å². The highest BCUT2D eigenvalue weighted by Gasteiger charge is 2.61. The maximum atomic E-state index is 13.5. The number of carbonyl (C=O) groups is 1. The van der Waals surface area contributed by atoms with Crippen molar-refractivity contribution in [2.24, 2.45) is 17.8 Å². The van der Waals surface area contributed by atoms with E-state index in [1.807, 2.05) is 18.2 Å². The number of rotatable bonds is 2. The van der Waals surface area contributed by atoms with Gasteiger partial charge in [-0.05, 0) is 49.3 Å². The number of anilines is 1. The van der Waals surface area contributed by atoms with Gasteiger partial charge in [0.2, 0.25) is 0 Å². The minimum absolute atomic E-state index is 0.309. The van der Waals surface area contributed by atoms with E-state index in [-0.39, 0.29) is 5.54 Å². The number of nitrogens with one attached hydrogen (secondary N) is 1. The Balaban J connectivity index is 1.56. The Bertz CT molecular complexity index is 695. The number of piperidine rings is 3. The molecule has 3 saturated heterocycles. The van der Waals surface area contributed by atoms with Gasteiger partial charge >= 0.3 is 0 Å². The zero-order valence-electron chi connectivity index (χ0n) is 14.5. The molecule has 1 N–H and O–H groups in total. The highest BCUT2D eigenvalue weighted by atomic mass is 16.5. The van der Waals surface area contributed by atoms with Crippen LogP contribution >= 0.6 is 0 Å². The fourth-order valence-corrected chi connectivity index (χ4v) is 6.21. The van der Waals surface area contributed by atoms with Gasteiger partial charge in [0.25, 0.3) is 0 Å². The van der Waals surface area contributed by atoms with E-state index in [1.165, 1.54) is 25.8 Å². The van der Waals surface area contributed by atoms with Crippen molar-refractivity contribution >= 4 is 11.5 Å². The van der Waals surface area contributed by atoms with Gasteiger partial charge in [0.15, 0.2) is 5.78 Å². The van der Waals surface area contributed by atoms with Crippen LogP contribution in [0.5, 0.6) is 5.75 Å². The molecule has 128 valence electrons. The summed E-state index contributed by atoms with van der Waals surface area (Å²) < 4.78 is 5.34. The van der Waals surface area contributed by atoms with Crippen molar-refractivity contribution in [2.75, 3.05) is 25.5 Å². The Kier molecular flexibility index (Phi) is 3.06. The third kappa shape index (κ3) is 1.75. The number of hydrogen-bond donors (Lipinski definition) is 1. The van der Waals surface area contributed by atoms with Gasteiger partial charge in [-0.1, -0.05) is 13.3 Å². The molecule has 6 rings (SSSR count). The van der Waals surface area contributed by atoms with Crippen LogP contribution in [-0.4, -0.2) is 42.5 Å². The Morgan fingerprint density at radius 3 is 3.04 bits per heavy atom. The van der Waals surface area contributed by atoms with E-state index < -0.39 is 0 Å². The van der Waals surface area contributed by atoms with E-state index in [0.29, 0.717) is 17.7 Å². The lowest BCUT2D eigenvalue weighted by Crippen LogP contribution is -2.70. The zero-order valence-corrected chi connectivity index (χ0v) is 14.5. The summed E-state index contributed by atoms with van der Waals surface area (Å²) in [6.45, 7) is 4.62. The molecule has 4 fully saturated rings. The van der Waals surface area contributed by atoms with Crippen molar-refractivity contribution in [1.82, 2.24) is 4.90 Å². The van der Waals surface area contributed by atoms with Gasteiger partial charge in [0.05, 0.1) is 7.11 Å². The largest absolute Gasteiger partial charge is 0.497 e. The predicted molar refractivity (Wildman–Crippen MR) is 93.7 cm³/mol. The molecule has 1 aromatic carbocycles. The highest BCUT2D eigenvalue weighted by Crippen LogP contribution is 2.55. The second-order valence-corrected chi connectivity index (χ2v) is 8.18. The zero-order chi connectivity index (χ0) is 16.5. The first-order chi connectivity index (χ1) is 11.7. The molecule has 4 aliphatic heterocycles. The summed E-state index contributed by atoms with van der Waals surface area (Å²) in [4.78, 5) is 16.2. The van der Waals surface area contributed by atoms with Gasteiger partial charge in [0.1, 0.15) is 11.3 Å². The van der Waals surface area contributed by atoms with Crippen LogP contribution in [0, 0.1) is 17.8 Å². The number of nitrogens with zero attached hydrogens (tertiary/aromatic N) is 1. The summed E-state index contributed by atoms with van der Waals surface area (Å²) in [5.41, 5.74) is 1.46. The molecule has 1 saturated carbocycles. The lowest BCUT2D eigenvalue weighted by Gasteiger charge is -2.62. The Morgan fingerprint density at radius 2 is 2.25 bits per heavy atom. The quantitative estimate of drug-likeness (QED) is 0.906. The molecule has 1 spiro atoms. The van der Waals surface area contributed by atoms with Crippen molar-refractivity contribution in [3.63, 3.8) is 0 Å². The van der Waals surface area contributed by atoms with E-state index in [4.69, 9.17) is 4.74 Å². The number of hydrogen-bond acceptors (Lipinski definition) is 4. The Hall–Kier alpha value is -1.55. The minimum atomic E-state index is -0.373. The van der Waals surface area contributed by atoms with E-state index in [1.54, 1.807) is 7.11 Å². The number of ketones is 1. The van der Waals surface area contributed by atoms with Gasteiger partial charge in [-0.15, -0.1) is 0 Å². The van der Waals surface area contributed by atoms with Gasteiger partial charge in [-0.3, -0.25) is 9.69 Å². The standard InChI is InChI=1S/C20H26N2O2/c1-3-13-8-12-9-16-18(13)22(11-12)7-6-20(16)19(23)15-10-14(24-2)4-5-17(15)21-20/h4-5,10,12-13,16,18,21H,3,6-9,11H2,1-2H3. The fourth-order valence-electron chi connectivity index (χ4n) is 6.21. The first kappa shape index (κ1) is 14.8. The van der Waals surface area contributed by atoms with E-state index in [0.717, 1.165) is 41.8 Å². The first-order valence-corrected chi connectivity index (χ1v) is 9.41. The number of ether oxygens (including phenoxy) is 1. The number of benzene rings is 1. The fraction of sp³-hybridized carbons (Fsp3) is 0.650. The lowest BCUT2D eigenvalue weighted by atomic mass is 9.56. The SMILES string of the molecule is CCC1CC2CC3C1N(CCC31Nc3ccc(OC)cc3C1=O)C2. The third-order valence-electron chi connectivity index (χ3n) is 7.22. The molecule has 5 aliphatic rings. The first-order valence-electron chi connectivity index (χ1n) is 9.41. The van der Waals surface area contributed by atoms with Crippen LogP contribution in [0.4, 0.5) is 5.69 Å². The number of carbonyl (C=O) groups excluding carboxylic acids is 1. The van der Waals surface area contributed by atoms with Gasteiger partial charge < -0.3 is 10.1 Å². The summed E-state index contributed by atoms with van der Waals surface area (Å²) in [7, 11) is 1.66. The van der Waals surface area contributed by atoms with Crippen molar-refractivity contribution in [3.8, 4) is 5.75 Å². The smallest absolute Gasteiger partial charge is 0.190 e. The molecule has 4 heteroatoms. The molecule has 1 aliphatic carbocycles. The topological polar surface area (TPSA) is 41.6 Å². The van der Waals surface area contributed by atoms with Crippen molar-refractivity contribution in [1.29, 1.82) is 0 Å². The van der Waals surface area contributed by atoms with Crippen LogP contribution in [0.25, 0.3) is 0 Å². The van der Waals surface area contributed by atoms with Crippen LogP contribution < -0.4 is 10.1 Å². The second kappa shape index (κ2) is 4.98. The number of methoxy groups -OCH3 is 1. The van der Waals surface area contributed by atoms with Gasteiger partial charge in [-0.2, -0.15) is 0 Å². The van der Waals surface area contributed by atoms with E-state index in [9.17, 15) is 4.79 Å². The van der Waals surface area contributed by atoms with Crippen LogP contribution in [0.1, 0.15) is 43.0 Å². The summed E-state index contributed by atoms with van der Waals surface area (Å²) in [6.07, 6.45) is 4.74. The maximum absolute atomic E-state index is 13.5. The summed E-state index contributed by atoms with van der Waals surface area (Å²) in [5.74, 6) is 3.07. The molecule has 0 aromatic heterocycles. The normalized spacial score (nSPS) is 42.1. The average Bonchev–Trinajstić information content (AvgIpc) is 2.91. The second-order valence-electron chi connectivity index (χ2n) is 8.18. The highest BCUT2D eigenvalue weighted by molar-refractivity contribution is 6.14. The minimum Gasteiger partial charge on any atom is -0.497 e. The lowest BCUT2D eigenvalue weighted by molar-refractivity contribution is -0.0893. The molecule has 6 unspecified atom stereocenters. The Morgan fingerprint density at radius 1 is 1.38 bits per heavy atom. The summed E-state index contributed by atoms with van der Waals surface area (Å²) in [6, 6.07) is 6.48. The number of Topliss-reactive ketones (excluding diaryl/α,β-unsaturated/α-hetero) is 1. The molecule has 0 amide bonds. The van der Waals surface area contributed by atoms with Crippen LogP contribution in [-0.2, 0) is 0 Å². The van der Waals surface area contributed by atoms with Crippen molar-refractivity contribution < 1.29 is 9.53 Å². The van der Waals surface area contributed by atoms with Crippen LogP contribution in [0.15, 0.2) is 18.2 Å². The third-order valence-corrected chi connectivity index (χ3v) is 7.22. The molecule has 4 heterocycles. The predicted octanol–water partition coefficient (Wildman–Crippen LogP) is 3.18. The monoisotopic (exact) mass is 326 g/mol. The Labute approximate surface area is 143 Å². The average molecular weight is 326 g/mol. The molecular weight excluding hydrogens is 300 g/mol. The molecular formula is C20H26N2O2. The summed E-state index contributed by atoms with van der Waals surface area (Å²) in [5, 5.41) is 3.70. The van der Waals surface area contributed by atoms with Crippen LogP contribution in [0.2, 0.25) is 0 Å². The molecule has 4 nitrogen and oxygen atoms in total. The molecule has 0 radical (unpaired) electrons. The molecule has 24 heavy (non-hydrogen) atoms. The molecule has 1 aromatic rings. The van der Waals surface area contributed by atoms with Crippen LogP contribution in [0.3, 0.4) is 0 Å².